The number of carbonyl (C=O) groups excluding carboxylic acids is 1. The number of hydrogen-bond acceptors (Lipinski definition) is 4. The van der Waals surface area contributed by atoms with Gasteiger partial charge in [0.1, 0.15) is 12.4 Å². The van der Waals surface area contributed by atoms with Gasteiger partial charge in [0.15, 0.2) is 5.96 Å². The van der Waals surface area contributed by atoms with Crippen molar-refractivity contribution in [3.05, 3.63) is 60.2 Å². The van der Waals surface area contributed by atoms with E-state index in [1.165, 1.54) is 11.3 Å². The molecule has 1 saturated heterocycles. The van der Waals surface area contributed by atoms with Gasteiger partial charge in [-0.05, 0) is 31.2 Å². The van der Waals surface area contributed by atoms with Crippen LogP contribution in [0.25, 0.3) is 0 Å². The van der Waals surface area contributed by atoms with Gasteiger partial charge in [-0.25, -0.2) is 0 Å². The van der Waals surface area contributed by atoms with Crippen molar-refractivity contribution in [2.75, 3.05) is 57.8 Å². The van der Waals surface area contributed by atoms with Gasteiger partial charge < -0.3 is 25.2 Å². The summed E-state index contributed by atoms with van der Waals surface area (Å²) in [7, 11) is 1.69. The first-order valence-corrected chi connectivity index (χ1v) is 10.4. The van der Waals surface area contributed by atoms with Gasteiger partial charge in [0.25, 0.3) is 0 Å². The topological polar surface area (TPSA) is 69.2 Å². The van der Waals surface area contributed by atoms with Crippen molar-refractivity contribution in [2.45, 2.75) is 6.92 Å². The van der Waals surface area contributed by atoms with Crippen LogP contribution in [0.5, 0.6) is 5.75 Å². The van der Waals surface area contributed by atoms with Gasteiger partial charge in [-0.2, -0.15) is 0 Å². The van der Waals surface area contributed by atoms with E-state index >= 15 is 0 Å². The molecule has 8 heteroatoms. The van der Waals surface area contributed by atoms with Crippen molar-refractivity contribution in [1.82, 2.24) is 15.5 Å². The van der Waals surface area contributed by atoms with Crippen molar-refractivity contribution in [2.24, 2.45) is 4.99 Å². The molecule has 7 nitrogen and oxygen atoms in total. The monoisotopic (exact) mass is 537 g/mol. The zero-order chi connectivity index (χ0) is 21.2. The summed E-state index contributed by atoms with van der Waals surface area (Å²) in [5.74, 6) is 1.52. The largest absolute Gasteiger partial charge is 0.492 e. The first-order chi connectivity index (χ1) is 14.7. The zero-order valence-electron chi connectivity index (χ0n) is 18.2. The summed E-state index contributed by atoms with van der Waals surface area (Å²) in [6, 6.07) is 18.3. The van der Waals surface area contributed by atoms with Crippen molar-refractivity contribution in [3.63, 3.8) is 0 Å². The van der Waals surface area contributed by atoms with Crippen LogP contribution in [0.2, 0.25) is 0 Å². The smallest absolute Gasteiger partial charge is 0.242 e. The van der Waals surface area contributed by atoms with Crippen LogP contribution in [0.15, 0.2) is 59.6 Å². The zero-order valence-corrected chi connectivity index (χ0v) is 20.5. The van der Waals surface area contributed by atoms with E-state index in [9.17, 15) is 4.79 Å². The Bertz CT molecular complexity index is 822. The van der Waals surface area contributed by atoms with E-state index in [1.807, 2.05) is 54.3 Å². The number of guanidine groups is 1. The number of carbonyl (C=O) groups is 1. The van der Waals surface area contributed by atoms with Gasteiger partial charge in [-0.1, -0.05) is 35.9 Å². The molecule has 0 atom stereocenters. The molecule has 0 aliphatic carbocycles. The Morgan fingerprint density at radius 3 is 2.32 bits per heavy atom. The minimum Gasteiger partial charge on any atom is -0.492 e. The number of aliphatic imine (C=N–C) groups is 1. The minimum atomic E-state index is 0. The summed E-state index contributed by atoms with van der Waals surface area (Å²) < 4.78 is 5.70. The van der Waals surface area contributed by atoms with Gasteiger partial charge in [0.2, 0.25) is 5.91 Å². The molecule has 1 amide bonds. The maximum absolute atomic E-state index is 12.5. The number of aryl methyl sites for hydroxylation is 1. The second kappa shape index (κ2) is 13.0. The maximum atomic E-state index is 12.5. The third kappa shape index (κ3) is 7.93. The molecule has 0 spiro atoms. The number of piperazine rings is 1. The minimum absolute atomic E-state index is 0. The molecule has 1 fully saturated rings. The summed E-state index contributed by atoms with van der Waals surface area (Å²) in [5.41, 5.74) is 2.41. The number of nitrogens with zero attached hydrogens (tertiary/aromatic N) is 3. The van der Waals surface area contributed by atoms with E-state index in [1.54, 1.807) is 7.05 Å². The molecule has 1 aliphatic heterocycles. The molecule has 2 N–H and O–H groups in total. The van der Waals surface area contributed by atoms with Gasteiger partial charge in [-0.3, -0.25) is 9.79 Å². The first-order valence-electron chi connectivity index (χ1n) is 10.4. The van der Waals surface area contributed by atoms with Crippen molar-refractivity contribution in [1.29, 1.82) is 0 Å². The second-order valence-corrected chi connectivity index (χ2v) is 7.22. The van der Waals surface area contributed by atoms with Crippen LogP contribution >= 0.6 is 24.0 Å². The van der Waals surface area contributed by atoms with Crippen LogP contribution in [-0.4, -0.2) is 69.7 Å². The SMILES string of the molecule is CN=C(NCCOc1ccc(C)cc1)NCC(=O)N1CCN(c2ccccc2)CC1.I. The quantitative estimate of drug-likeness (QED) is 0.246. The Kier molecular flexibility index (Phi) is 10.4. The van der Waals surface area contributed by atoms with Gasteiger partial charge in [0.05, 0.1) is 13.1 Å². The average molecular weight is 537 g/mol. The highest BCUT2D eigenvalue weighted by Crippen LogP contribution is 2.15. The number of anilines is 1. The van der Waals surface area contributed by atoms with E-state index in [0.29, 0.717) is 19.1 Å². The summed E-state index contributed by atoms with van der Waals surface area (Å²) in [4.78, 5) is 20.9. The molecular weight excluding hydrogens is 505 g/mol. The lowest BCUT2D eigenvalue weighted by Crippen LogP contribution is -2.52. The van der Waals surface area contributed by atoms with E-state index in [0.717, 1.165) is 31.9 Å². The predicted molar refractivity (Wildman–Crippen MR) is 137 cm³/mol. The highest BCUT2D eigenvalue weighted by molar-refractivity contribution is 14.0. The van der Waals surface area contributed by atoms with Gasteiger partial charge in [-0.15, -0.1) is 24.0 Å². The molecule has 0 bridgehead atoms. The summed E-state index contributed by atoms with van der Waals surface area (Å²) in [6.07, 6.45) is 0. The van der Waals surface area contributed by atoms with Crippen molar-refractivity contribution >= 4 is 41.5 Å². The highest BCUT2D eigenvalue weighted by atomic mass is 127. The second-order valence-electron chi connectivity index (χ2n) is 7.22. The lowest BCUT2D eigenvalue weighted by molar-refractivity contribution is -0.130. The number of rotatable bonds is 7. The fourth-order valence-electron chi connectivity index (χ4n) is 3.32. The number of para-hydroxylation sites is 1. The molecule has 0 aromatic heterocycles. The maximum Gasteiger partial charge on any atom is 0.242 e. The third-order valence-electron chi connectivity index (χ3n) is 5.07. The van der Waals surface area contributed by atoms with Crippen molar-refractivity contribution in [3.8, 4) is 5.75 Å². The number of benzene rings is 2. The lowest BCUT2D eigenvalue weighted by atomic mass is 10.2. The Morgan fingerprint density at radius 2 is 1.68 bits per heavy atom. The molecule has 168 valence electrons. The highest BCUT2D eigenvalue weighted by Gasteiger charge is 2.21. The van der Waals surface area contributed by atoms with Crippen LogP contribution in [0, 0.1) is 6.92 Å². The molecule has 1 heterocycles. The van der Waals surface area contributed by atoms with E-state index in [4.69, 9.17) is 4.74 Å². The Labute approximate surface area is 201 Å². The lowest BCUT2D eigenvalue weighted by Gasteiger charge is -2.36. The Hall–Kier alpha value is -2.49. The molecule has 1 aliphatic rings. The number of ether oxygens (including phenoxy) is 1. The fraction of sp³-hybridized carbons (Fsp3) is 0.391. The molecule has 0 radical (unpaired) electrons. The van der Waals surface area contributed by atoms with Gasteiger partial charge >= 0.3 is 0 Å². The molecular formula is C23H32IN5O2. The number of amides is 1. The van der Waals surface area contributed by atoms with Crippen molar-refractivity contribution < 1.29 is 9.53 Å². The summed E-state index contributed by atoms with van der Waals surface area (Å²) in [6.45, 7) is 6.53. The summed E-state index contributed by atoms with van der Waals surface area (Å²) >= 11 is 0. The Morgan fingerprint density at radius 1 is 1.00 bits per heavy atom. The van der Waals surface area contributed by atoms with Gasteiger partial charge in [0, 0.05) is 38.9 Å². The fourth-order valence-corrected chi connectivity index (χ4v) is 3.32. The normalized spacial score (nSPS) is 13.9. The molecule has 2 aromatic rings. The summed E-state index contributed by atoms with van der Waals surface area (Å²) in [5, 5.41) is 6.27. The van der Waals surface area contributed by atoms with Crippen LogP contribution in [0.4, 0.5) is 5.69 Å². The van der Waals surface area contributed by atoms with Crippen LogP contribution in [0.3, 0.4) is 0 Å². The Balaban J connectivity index is 0.00000341. The third-order valence-corrected chi connectivity index (χ3v) is 5.07. The molecule has 3 rings (SSSR count). The number of halogens is 1. The van der Waals surface area contributed by atoms with Crippen LogP contribution in [-0.2, 0) is 4.79 Å². The standard InChI is InChI=1S/C23H31N5O2.HI/c1-19-8-10-21(11-9-19)30-17-12-25-23(24-2)26-18-22(29)28-15-13-27(14-16-28)20-6-4-3-5-7-20;/h3-11H,12-18H2,1-2H3,(H2,24,25,26);1H. The number of nitrogens with one attached hydrogen (secondary N) is 2. The molecule has 0 unspecified atom stereocenters. The van der Waals surface area contributed by atoms with Crippen LogP contribution < -0.4 is 20.3 Å². The molecule has 31 heavy (non-hydrogen) atoms. The first kappa shape index (κ1) is 24.8. The molecule has 0 saturated carbocycles. The predicted octanol–water partition coefficient (Wildman–Crippen LogP) is 2.51. The van der Waals surface area contributed by atoms with E-state index < -0.39 is 0 Å². The van der Waals surface area contributed by atoms with E-state index in [2.05, 4.69) is 32.7 Å². The molecule has 2 aromatic carbocycles. The van der Waals surface area contributed by atoms with E-state index in [-0.39, 0.29) is 36.4 Å². The average Bonchev–Trinajstić information content (AvgIpc) is 2.80. The van der Waals surface area contributed by atoms with Crippen LogP contribution in [0.1, 0.15) is 5.56 Å². The number of hydrogen-bond donors (Lipinski definition) is 2.